The Kier molecular flexibility index (Phi) is 4.72. The molecule has 5 heteroatoms. The second-order valence-corrected chi connectivity index (χ2v) is 5.10. The molecule has 1 saturated carbocycles. The molecule has 5 nitrogen and oxygen atoms in total. The molecule has 0 bridgehead atoms. The molecule has 2 atom stereocenters. The van der Waals surface area contributed by atoms with Gasteiger partial charge in [-0.15, -0.1) is 0 Å². The van der Waals surface area contributed by atoms with Crippen LogP contribution in [0.15, 0.2) is 4.52 Å². The van der Waals surface area contributed by atoms with Gasteiger partial charge in [0, 0.05) is 24.9 Å². The average molecular weight is 252 g/mol. The summed E-state index contributed by atoms with van der Waals surface area (Å²) in [4.78, 5) is 6.87. The number of rotatable bonds is 6. The molecular weight excluding hydrogens is 228 g/mol. The number of nitrogens with two attached hydrogens (primary N) is 1. The lowest BCUT2D eigenvalue weighted by molar-refractivity contribution is 0.302. The fraction of sp³-hybridized carbons (Fsp3) is 0.846. The first-order chi connectivity index (χ1) is 8.72. The van der Waals surface area contributed by atoms with Gasteiger partial charge in [-0.25, -0.2) is 0 Å². The van der Waals surface area contributed by atoms with Gasteiger partial charge in [0.25, 0.3) is 0 Å². The molecule has 0 amide bonds. The molecule has 0 saturated heterocycles. The highest BCUT2D eigenvalue weighted by Crippen LogP contribution is 2.32. The Morgan fingerprint density at radius 2 is 2.11 bits per heavy atom. The summed E-state index contributed by atoms with van der Waals surface area (Å²) >= 11 is 0. The Hall–Kier alpha value is -0.940. The minimum Gasteiger partial charge on any atom is -0.339 e. The number of nitrogens with zero attached hydrogens (tertiary/aromatic N) is 3. The molecule has 0 spiro atoms. The van der Waals surface area contributed by atoms with E-state index < -0.39 is 0 Å². The Morgan fingerprint density at radius 3 is 2.72 bits per heavy atom. The van der Waals surface area contributed by atoms with Crippen LogP contribution in [0.5, 0.6) is 0 Å². The van der Waals surface area contributed by atoms with Gasteiger partial charge in [-0.1, -0.05) is 19.0 Å². The topological polar surface area (TPSA) is 68.2 Å². The van der Waals surface area contributed by atoms with E-state index in [2.05, 4.69) is 28.9 Å². The lowest BCUT2D eigenvalue weighted by atomic mass is 10.1. The average Bonchev–Trinajstić information content (AvgIpc) is 2.99. The highest BCUT2D eigenvalue weighted by Gasteiger charge is 2.27. The van der Waals surface area contributed by atoms with Crippen LogP contribution in [0.1, 0.15) is 50.7 Å². The first kappa shape index (κ1) is 13.5. The molecule has 1 fully saturated rings. The van der Waals surface area contributed by atoms with E-state index >= 15 is 0 Å². The van der Waals surface area contributed by atoms with Crippen molar-refractivity contribution in [2.75, 3.05) is 19.6 Å². The molecule has 1 aliphatic carbocycles. The van der Waals surface area contributed by atoms with E-state index in [1.807, 2.05) is 0 Å². The molecule has 0 aromatic carbocycles. The SMILES string of the molecule is CCN(CC)CCc1noc([C@@H]2CC[C@H](N)C2)n1. The molecule has 1 aromatic heterocycles. The van der Waals surface area contributed by atoms with Crippen LogP contribution >= 0.6 is 0 Å². The highest BCUT2D eigenvalue weighted by molar-refractivity contribution is 4.99. The smallest absolute Gasteiger partial charge is 0.229 e. The zero-order chi connectivity index (χ0) is 13.0. The summed E-state index contributed by atoms with van der Waals surface area (Å²) in [5, 5.41) is 4.07. The molecule has 0 aliphatic heterocycles. The maximum absolute atomic E-state index is 5.91. The van der Waals surface area contributed by atoms with Crippen molar-refractivity contribution in [3.8, 4) is 0 Å². The van der Waals surface area contributed by atoms with Gasteiger partial charge in [-0.05, 0) is 32.4 Å². The second kappa shape index (κ2) is 6.29. The van der Waals surface area contributed by atoms with E-state index in [0.29, 0.717) is 12.0 Å². The Labute approximate surface area is 109 Å². The van der Waals surface area contributed by atoms with Crippen molar-refractivity contribution in [2.45, 2.75) is 51.5 Å². The summed E-state index contributed by atoms with van der Waals surface area (Å²) in [6.45, 7) is 7.48. The van der Waals surface area contributed by atoms with Gasteiger partial charge in [0.1, 0.15) is 0 Å². The van der Waals surface area contributed by atoms with E-state index in [9.17, 15) is 0 Å². The summed E-state index contributed by atoms with van der Waals surface area (Å²) in [5.74, 6) is 2.00. The number of aromatic nitrogens is 2. The van der Waals surface area contributed by atoms with Crippen molar-refractivity contribution >= 4 is 0 Å². The van der Waals surface area contributed by atoms with E-state index in [-0.39, 0.29) is 0 Å². The molecule has 1 aromatic rings. The molecule has 1 heterocycles. The Bertz CT molecular complexity index is 362. The van der Waals surface area contributed by atoms with Crippen LogP contribution in [0, 0.1) is 0 Å². The van der Waals surface area contributed by atoms with Crippen LogP contribution in [-0.2, 0) is 6.42 Å². The number of hydrogen-bond donors (Lipinski definition) is 1. The van der Waals surface area contributed by atoms with E-state index in [1.54, 1.807) is 0 Å². The summed E-state index contributed by atoms with van der Waals surface area (Å²) in [5.41, 5.74) is 5.91. The van der Waals surface area contributed by atoms with Crippen LogP contribution < -0.4 is 5.73 Å². The zero-order valence-corrected chi connectivity index (χ0v) is 11.4. The van der Waals surface area contributed by atoms with Crippen molar-refractivity contribution in [3.63, 3.8) is 0 Å². The first-order valence-electron chi connectivity index (χ1n) is 7.03. The molecule has 18 heavy (non-hydrogen) atoms. The van der Waals surface area contributed by atoms with Crippen LogP contribution in [0.25, 0.3) is 0 Å². The normalized spacial score (nSPS) is 24.0. The summed E-state index contributed by atoms with van der Waals surface area (Å²) in [6.07, 6.45) is 4.00. The number of likely N-dealkylation sites (N-methyl/N-ethyl adjacent to an activating group) is 1. The van der Waals surface area contributed by atoms with Gasteiger partial charge in [-0.3, -0.25) is 0 Å². The van der Waals surface area contributed by atoms with Gasteiger partial charge >= 0.3 is 0 Å². The van der Waals surface area contributed by atoms with Crippen LogP contribution in [0.4, 0.5) is 0 Å². The zero-order valence-electron chi connectivity index (χ0n) is 11.4. The third-order valence-corrected chi connectivity index (χ3v) is 3.85. The molecule has 0 radical (unpaired) electrons. The monoisotopic (exact) mass is 252 g/mol. The van der Waals surface area contributed by atoms with Crippen molar-refractivity contribution in [3.05, 3.63) is 11.7 Å². The molecule has 1 aliphatic rings. The molecule has 2 N–H and O–H groups in total. The summed E-state index contributed by atoms with van der Waals surface area (Å²) in [7, 11) is 0. The molecule has 0 unspecified atom stereocenters. The van der Waals surface area contributed by atoms with Gasteiger partial charge < -0.3 is 15.2 Å². The molecular formula is C13H24N4O. The quantitative estimate of drug-likeness (QED) is 0.832. The van der Waals surface area contributed by atoms with Crippen molar-refractivity contribution in [2.24, 2.45) is 5.73 Å². The Balaban J connectivity index is 1.86. The Morgan fingerprint density at radius 1 is 1.33 bits per heavy atom. The third kappa shape index (κ3) is 3.29. The van der Waals surface area contributed by atoms with Gasteiger partial charge in [0.2, 0.25) is 5.89 Å². The summed E-state index contributed by atoms with van der Waals surface area (Å²) in [6, 6.07) is 0.307. The summed E-state index contributed by atoms with van der Waals surface area (Å²) < 4.78 is 5.36. The first-order valence-corrected chi connectivity index (χ1v) is 7.03. The van der Waals surface area contributed by atoms with Crippen molar-refractivity contribution in [1.29, 1.82) is 0 Å². The van der Waals surface area contributed by atoms with E-state index in [1.165, 1.54) is 0 Å². The van der Waals surface area contributed by atoms with E-state index in [4.69, 9.17) is 10.3 Å². The van der Waals surface area contributed by atoms with Crippen LogP contribution in [-0.4, -0.2) is 40.7 Å². The minimum atomic E-state index is 0.307. The van der Waals surface area contributed by atoms with Gasteiger partial charge in [0.15, 0.2) is 5.82 Å². The lowest BCUT2D eigenvalue weighted by Gasteiger charge is -2.16. The van der Waals surface area contributed by atoms with Crippen molar-refractivity contribution in [1.82, 2.24) is 15.0 Å². The van der Waals surface area contributed by atoms with E-state index in [0.717, 1.165) is 57.0 Å². The predicted octanol–water partition coefficient (Wildman–Crippen LogP) is 1.55. The minimum absolute atomic E-state index is 0.307. The van der Waals surface area contributed by atoms with Crippen LogP contribution in [0.3, 0.4) is 0 Å². The predicted molar refractivity (Wildman–Crippen MR) is 70.4 cm³/mol. The standard InChI is InChI=1S/C13H24N4O/c1-3-17(4-2)8-7-12-15-13(18-16-12)10-5-6-11(14)9-10/h10-11H,3-9,14H2,1-2H3/t10-,11+/m1/s1. The number of hydrogen-bond acceptors (Lipinski definition) is 5. The second-order valence-electron chi connectivity index (χ2n) is 5.10. The van der Waals surface area contributed by atoms with Gasteiger partial charge in [0.05, 0.1) is 0 Å². The highest BCUT2D eigenvalue weighted by atomic mass is 16.5. The largest absolute Gasteiger partial charge is 0.339 e. The maximum atomic E-state index is 5.91. The molecule has 102 valence electrons. The molecule has 2 rings (SSSR count). The van der Waals surface area contributed by atoms with Crippen LogP contribution in [0.2, 0.25) is 0 Å². The fourth-order valence-corrected chi connectivity index (χ4v) is 2.57. The maximum Gasteiger partial charge on any atom is 0.229 e. The lowest BCUT2D eigenvalue weighted by Crippen LogP contribution is -2.25. The van der Waals surface area contributed by atoms with Gasteiger partial charge in [-0.2, -0.15) is 4.98 Å². The third-order valence-electron chi connectivity index (χ3n) is 3.85. The van der Waals surface area contributed by atoms with Crippen molar-refractivity contribution < 1.29 is 4.52 Å². The fourth-order valence-electron chi connectivity index (χ4n) is 2.57.